The zero-order valence-corrected chi connectivity index (χ0v) is 20.8. The lowest BCUT2D eigenvalue weighted by Gasteiger charge is -2.29. The van der Waals surface area contributed by atoms with Crippen LogP contribution in [0.5, 0.6) is 11.6 Å². The summed E-state index contributed by atoms with van der Waals surface area (Å²) in [5.74, 6) is -0.258. The van der Waals surface area contributed by atoms with Gasteiger partial charge in [0.15, 0.2) is 0 Å². The van der Waals surface area contributed by atoms with Gasteiger partial charge in [0.25, 0.3) is 0 Å². The number of nitrogens with one attached hydrogen (secondary N) is 2. The first-order valence-electron chi connectivity index (χ1n) is 11.7. The first-order valence-corrected chi connectivity index (χ1v) is 11.7. The smallest absolute Gasteiger partial charge is 0.338 e. The molecular weight excluding hydrogens is 491 g/mol. The summed E-state index contributed by atoms with van der Waals surface area (Å²) in [6.45, 7) is -0.192. The van der Waals surface area contributed by atoms with Gasteiger partial charge in [-0.25, -0.2) is 19.0 Å². The molecule has 2 aromatic carbocycles. The van der Waals surface area contributed by atoms with Crippen molar-refractivity contribution in [2.24, 2.45) is 0 Å². The topological polar surface area (TPSA) is 123 Å². The number of methoxy groups -OCH3 is 2. The summed E-state index contributed by atoms with van der Waals surface area (Å²) in [7, 11) is 3.07. The van der Waals surface area contributed by atoms with Gasteiger partial charge in [-0.05, 0) is 59.9 Å². The van der Waals surface area contributed by atoms with Crippen LogP contribution in [-0.4, -0.2) is 31.2 Å². The van der Waals surface area contributed by atoms with Crippen LogP contribution in [0, 0.1) is 17.1 Å². The van der Waals surface area contributed by atoms with Crippen molar-refractivity contribution < 1.29 is 28.2 Å². The average Bonchev–Trinajstić information content (AvgIpc) is 2.95. The second-order valence-electron chi connectivity index (χ2n) is 8.41. The molecule has 0 spiro atoms. The third-order valence-corrected chi connectivity index (χ3v) is 5.99. The van der Waals surface area contributed by atoms with Crippen LogP contribution in [0.4, 0.5) is 9.18 Å². The number of carbonyl (C=O) groups is 2. The average molecular weight is 517 g/mol. The highest BCUT2D eigenvalue weighted by molar-refractivity contribution is 5.95. The molecule has 1 aliphatic heterocycles. The van der Waals surface area contributed by atoms with Crippen LogP contribution in [0.1, 0.15) is 34.7 Å². The monoisotopic (exact) mass is 516 g/mol. The minimum atomic E-state index is -0.835. The second-order valence-corrected chi connectivity index (χ2v) is 8.41. The summed E-state index contributed by atoms with van der Waals surface area (Å²) in [5.41, 5.74) is 2.42. The van der Waals surface area contributed by atoms with Crippen LogP contribution in [0.15, 0.2) is 72.1 Å². The van der Waals surface area contributed by atoms with E-state index in [1.54, 1.807) is 25.3 Å². The largest absolute Gasteiger partial charge is 0.497 e. The van der Waals surface area contributed by atoms with Gasteiger partial charge in [-0.15, -0.1) is 0 Å². The molecule has 194 valence electrons. The molecule has 10 heteroatoms. The molecule has 1 aromatic heterocycles. The Bertz CT molecular complexity index is 1420. The summed E-state index contributed by atoms with van der Waals surface area (Å²) in [4.78, 5) is 30.3. The number of nitrogens with zero attached hydrogens (tertiary/aromatic N) is 2. The molecule has 2 amide bonds. The fourth-order valence-corrected chi connectivity index (χ4v) is 4.06. The lowest BCUT2D eigenvalue weighted by molar-refractivity contribution is -0.140. The summed E-state index contributed by atoms with van der Waals surface area (Å²) in [6.07, 6.45) is 2.36. The standard InChI is InChI=1S/C28H25FN4O5/c1-36-21-5-3-4-17(13-21)7-10-23-25(27(34)38-16-18-6-9-22(29)20(12-18)14-30)26(33-28(35)32-23)19-8-11-24(37-2)31-15-19/h3-6,8-9,11-13,15,26H,7,10,16H2,1-2H3,(H2,32,33,35). The maximum atomic E-state index is 13.7. The molecule has 2 N–H and O–H groups in total. The van der Waals surface area contributed by atoms with Crippen molar-refractivity contribution in [3.8, 4) is 17.7 Å². The van der Waals surface area contributed by atoms with Gasteiger partial charge in [0, 0.05) is 18.0 Å². The van der Waals surface area contributed by atoms with Crippen LogP contribution >= 0.6 is 0 Å². The van der Waals surface area contributed by atoms with E-state index in [1.165, 1.54) is 25.4 Å². The lowest BCUT2D eigenvalue weighted by Crippen LogP contribution is -2.46. The predicted molar refractivity (Wildman–Crippen MR) is 134 cm³/mol. The molecule has 1 unspecified atom stereocenters. The quantitative estimate of drug-likeness (QED) is 0.411. The van der Waals surface area contributed by atoms with Gasteiger partial charge in [-0.3, -0.25) is 0 Å². The number of ether oxygens (including phenoxy) is 3. The number of carbonyl (C=O) groups excluding carboxylic acids is 2. The van der Waals surface area contributed by atoms with Crippen LogP contribution in [0.2, 0.25) is 0 Å². The number of aromatic nitrogens is 1. The maximum absolute atomic E-state index is 13.7. The second kappa shape index (κ2) is 11.9. The van der Waals surface area contributed by atoms with Crippen molar-refractivity contribution >= 4 is 12.0 Å². The summed E-state index contributed by atoms with van der Waals surface area (Å²) in [5, 5.41) is 14.6. The lowest BCUT2D eigenvalue weighted by atomic mass is 9.94. The van der Waals surface area contributed by atoms with Gasteiger partial charge in [-0.2, -0.15) is 5.26 Å². The van der Waals surface area contributed by atoms with Gasteiger partial charge in [0.2, 0.25) is 5.88 Å². The molecule has 1 aliphatic rings. The third-order valence-electron chi connectivity index (χ3n) is 5.99. The molecule has 38 heavy (non-hydrogen) atoms. The zero-order chi connectivity index (χ0) is 27.1. The number of allylic oxidation sites excluding steroid dienone is 1. The van der Waals surface area contributed by atoms with Crippen molar-refractivity contribution in [3.63, 3.8) is 0 Å². The molecular formula is C28H25FN4O5. The minimum Gasteiger partial charge on any atom is -0.497 e. The van der Waals surface area contributed by atoms with Crippen molar-refractivity contribution in [1.82, 2.24) is 15.6 Å². The van der Waals surface area contributed by atoms with E-state index in [9.17, 15) is 14.0 Å². The first-order chi connectivity index (χ1) is 18.4. The molecule has 1 atom stereocenters. The fourth-order valence-electron chi connectivity index (χ4n) is 4.06. The Morgan fingerprint density at radius 3 is 2.63 bits per heavy atom. The maximum Gasteiger partial charge on any atom is 0.338 e. The number of rotatable bonds is 9. The summed E-state index contributed by atoms with van der Waals surface area (Å²) >= 11 is 0. The molecule has 0 bridgehead atoms. The molecule has 4 rings (SSSR count). The number of urea groups is 1. The highest BCUT2D eigenvalue weighted by atomic mass is 19.1. The Morgan fingerprint density at radius 1 is 1.08 bits per heavy atom. The van der Waals surface area contributed by atoms with Crippen molar-refractivity contribution in [1.29, 1.82) is 5.26 Å². The Hall–Kier alpha value is -4.91. The van der Waals surface area contributed by atoms with Gasteiger partial charge in [0.1, 0.15) is 24.2 Å². The Kier molecular flexibility index (Phi) is 8.18. The highest BCUT2D eigenvalue weighted by Gasteiger charge is 2.34. The van der Waals surface area contributed by atoms with E-state index in [-0.39, 0.29) is 17.7 Å². The molecule has 0 saturated heterocycles. The zero-order valence-electron chi connectivity index (χ0n) is 20.8. The van der Waals surface area contributed by atoms with E-state index in [0.29, 0.717) is 41.3 Å². The molecule has 0 fully saturated rings. The number of aryl methyl sites for hydroxylation is 1. The van der Waals surface area contributed by atoms with Crippen LogP contribution in [0.25, 0.3) is 0 Å². The van der Waals surface area contributed by atoms with Crippen molar-refractivity contribution in [2.75, 3.05) is 14.2 Å². The Labute approximate surface area is 218 Å². The van der Waals surface area contributed by atoms with Crippen LogP contribution < -0.4 is 20.1 Å². The van der Waals surface area contributed by atoms with Gasteiger partial charge in [0.05, 0.1) is 31.4 Å². The number of halogens is 1. The van der Waals surface area contributed by atoms with E-state index in [4.69, 9.17) is 19.5 Å². The normalized spacial score (nSPS) is 14.7. The fraction of sp³-hybridized carbons (Fsp3) is 0.214. The van der Waals surface area contributed by atoms with Crippen molar-refractivity contribution in [2.45, 2.75) is 25.5 Å². The minimum absolute atomic E-state index is 0.148. The van der Waals surface area contributed by atoms with E-state index < -0.39 is 23.9 Å². The Morgan fingerprint density at radius 2 is 1.92 bits per heavy atom. The van der Waals surface area contributed by atoms with Gasteiger partial charge < -0.3 is 24.8 Å². The number of hydrogen-bond acceptors (Lipinski definition) is 7. The predicted octanol–water partition coefficient (Wildman–Crippen LogP) is 4.09. The SMILES string of the molecule is COc1cccc(CCC2=C(C(=O)OCc3ccc(F)c(C#N)c3)C(c3ccc(OC)nc3)NC(=O)N2)c1. The molecule has 9 nitrogen and oxygen atoms in total. The van der Waals surface area contributed by atoms with Gasteiger partial charge in [-0.1, -0.05) is 18.2 Å². The first kappa shape index (κ1) is 26.2. The number of esters is 1. The van der Waals surface area contributed by atoms with E-state index in [2.05, 4.69) is 15.6 Å². The number of nitriles is 1. The molecule has 0 saturated carbocycles. The third kappa shape index (κ3) is 6.07. The van der Waals surface area contributed by atoms with E-state index in [1.807, 2.05) is 24.3 Å². The van der Waals surface area contributed by atoms with Gasteiger partial charge >= 0.3 is 12.0 Å². The summed E-state index contributed by atoms with van der Waals surface area (Å²) < 4.78 is 29.7. The van der Waals surface area contributed by atoms with Crippen molar-refractivity contribution in [3.05, 3.63) is 100 Å². The number of pyridine rings is 1. The Balaban J connectivity index is 1.65. The highest BCUT2D eigenvalue weighted by Crippen LogP contribution is 2.30. The summed E-state index contributed by atoms with van der Waals surface area (Å²) in [6, 6.07) is 15.2. The van der Waals surface area contributed by atoms with Crippen LogP contribution in [0.3, 0.4) is 0 Å². The molecule has 3 aromatic rings. The van der Waals surface area contributed by atoms with E-state index >= 15 is 0 Å². The number of benzene rings is 2. The molecule has 2 heterocycles. The number of amides is 2. The van der Waals surface area contributed by atoms with E-state index in [0.717, 1.165) is 11.6 Å². The molecule has 0 aliphatic carbocycles. The van der Waals surface area contributed by atoms with Crippen LogP contribution in [-0.2, 0) is 22.6 Å². The number of hydrogen-bond donors (Lipinski definition) is 2. The molecule has 0 radical (unpaired) electrons.